The molecule has 0 aromatic heterocycles. The average Bonchev–Trinajstić information content (AvgIpc) is 2.57. The summed E-state index contributed by atoms with van der Waals surface area (Å²) in [5.41, 5.74) is 4.26. The van der Waals surface area contributed by atoms with Gasteiger partial charge in [0.25, 0.3) is 5.91 Å². The van der Waals surface area contributed by atoms with Crippen LogP contribution in [0, 0.1) is 0 Å². The number of methoxy groups -OCH3 is 1. The molecule has 124 valence electrons. The number of nitrogens with one attached hydrogen (secondary N) is 1. The molecule has 5 nitrogen and oxygen atoms in total. The summed E-state index contributed by atoms with van der Waals surface area (Å²) >= 11 is 3.31. The highest BCUT2D eigenvalue weighted by molar-refractivity contribution is 9.10. The van der Waals surface area contributed by atoms with Crippen LogP contribution in [0.3, 0.4) is 0 Å². The molecule has 1 amide bonds. The molecule has 6 heteroatoms. The van der Waals surface area contributed by atoms with E-state index >= 15 is 0 Å². The number of rotatable bonds is 6. The number of hydrogen-bond acceptors (Lipinski definition) is 4. The molecule has 2 N–H and O–H groups in total. The van der Waals surface area contributed by atoms with Gasteiger partial charge in [-0.2, -0.15) is 5.10 Å². The van der Waals surface area contributed by atoms with E-state index in [4.69, 9.17) is 4.74 Å². The van der Waals surface area contributed by atoms with Gasteiger partial charge >= 0.3 is 0 Å². The quantitative estimate of drug-likeness (QED) is 0.450. The zero-order valence-corrected chi connectivity index (χ0v) is 14.7. The number of amides is 1. The summed E-state index contributed by atoms with van der Waals surface area (Å²) in [4.78, 5) is 12.1. The van der Waals surface area contributed by atoms with Crippen LogP contribution in [-0.4, -0.2) is 24.3 Å². The molecule has 0 atom stereocenters. The van der Waals surface area contributed by atoms with E-state index in [1.807, 2.05) is 6.07 Å². The minimum absolute atomic E-state index is 0.0378. The van der Waals surface area contributed by atoms with Crippen molar-refractivity contribution in [2.24, 2.45) is 5.10 Å². The van der Waals surface area contributed by atoms with Gasteiger partial charge in [-0.15, -0.1) is 6.58 Å². The van der Waals surface area contributed by atoms with Crippen molar-refractivity contribution in [1.29, 1.82) is 0 Å². The highest BCUT2D eigenvalue weighted by Crippen LogP contribution is 2.30. The Balaban J connectivity index is 2.19. The summed E-state index contributed by atoms with van der Waals surface area (Å²) in [6.45, 7) is 3.69. The van der Waals surface area contributed by atoms with Crippen molar-refractivity contribution in [3.8, 4) is 11.5 Å². The molecule has 0 saturated carbocycles. The SMILES string of the molecule is C=CCc1cc(/C=N\NC(=O)c2ccccc2Br)c(O)c(OC)c1. The van der Waals surface area contributed by atoms with Gasteiger partial charge in [0.2, 0.25) is 0 Å². The van der Waals surface area contributed by atoms with E-state index in [9.17, 15) is 9.90 Å². The van der Waals surface area contributed by atoms with Gasteiger partial charge in [0.05, 0.1) is 18.9 Å². The zero-order chi connectivity index (χ0) is 17.5. The predicted octanol–water partition coefficient (Wildman–Crippen LogP) is 3.66. The Morgan fingerprint density at radius 3 is 2.83 bits per heavy atom. The molecule has 0 saturated heterocycles. The average molecular weight is 389 g/mol. The number of halogens is 1. The predicted molar refractivity (Wildman–Crippen MR) is 97.8 cm³/mol. The van der Waals surface area contributed by atoms with Crippen molar-refractivity contribution in [1.82, 2.24) is 5.43 Å². The second-order valence-electron chi connectivity index (χ2n) is 4.91. The number of ether oxygens (including phenoxy) is 1. The maximum Gasteiger partial charge on any atom is 0.272 e. The van der Waals surface area contributed by atoms with E-state index in [0.717, 1.165) is 5.56 Å². The van der Waals surface area contributed by atoms with E-state index in [0.29, 0.717) is 27.8 Å². The number of carbonyl (C=O) groups excluding carboxylic acids is 1. The van der Waals surface area contributed by atoms with Crippen LogP contribution in [0.2, 0.25) is 0 Å². The molecule has 0 aliphatic heterocycles. The van der Waals surface area contributed by atoms with Crippen LogP contribution in [-0.2, 0) is 6.42 Å². The molecule has 0 heterocycles. The second-order valence-corrected chi connectivity index (χ2v) is 5.76. The van der Waals surface area contributed by atoms with E-state index in [2.05, 4.69) is 33.0 Å². The van der Waals surface area contributed by atoms with Crippen molar-refractivity contribution >= 4 is 28.1 Å². The molecule has 2 aromatic rings. The lowest BCUT2D eigenvalue weighted by Crippen LogP contribution is -2.18. The number of hydrazone groups is 1. The lowest BCUT2D eigenvalue weighted by molar-refractivity contribution is 0.0954. The third-order valence-electron chi connectivity index (χ3n) is 3.25. The van der Waals surface area contributed by atoms with Crippen LogP contribution in [0.15, 0.2) is 58.6 Å². The molecule has 2 rings (SSSR count). The fourth-order valence-corrected chi connectivity index (χ4v) is 2.56. The highest BCUT2D eigenvalue weighted by atomic mass is 79.9. The number of aromatic hydroxyl groups is 1. The number of allylic oxidation sites excluding steroid dienone is 1. The first-order valence-electron chi connectivity index (χ1n) is 7.15. The molecule has 24 heavy (non-hydrogen) atoms. The van der Waals surface area contributed by atoms with Gasteiger partial charge in [0, 0.05) is 10.0 Å². The third kappa shape index (κ3) is 4.23. The molecule has 0 spiro atoms. The first-order valence-corrected chi connectivity index (χ1v) is 7.94. The normalized spacial score (nSPS) is 10.6. The maximum absolute atomic E-state index is 12.1. The molecular formula is C18H17BrN2O3. The third-order valence-corrected chi connectivity index (χ3v) is 3.94. The highest BCUT2D eigenvalue weighted by Gasteiger charge is 2.10. The number of carbonyl (C=O) groups is 1. The summed E-state index contributed by atoms with van der Waals surface area (Å²) in [6, 6.07) is 10.5. The second kappa shape index (κ2) is 8.31. The first kappa shape index (κ1) is 17.7. The fourth-order valence-electron chi connectivity index (χ4n) is 2.09. The van der Waals surface area contributed by atoms with Gasteiger partial charge in [-0.1, -0.05) is 18.2 Å². The molecule has 0 unspecified atom stereocenters. The minimum Gasteiger partial charge on any atom is -0.504 e. The number of phenols is 1. The summed E-state index contributed by atoms with van der Waals surface area (Å²) in [7, 11) is 1.47. The Hall–Kier alpha value is -2.60. The van der Waals surface area contributed by atoms with Crippen molar-refractivity contribution in [2.45, 2.75) is 6.42 Å². The smallest absolute Gasteiger partial charge is 0.272 e. The topological polar surface area (TPSA) is 70.9 Å². The first-order chi connectivity index (χ1) is 11.6. The minimum atomic E-state index is -0.354. The largest absolute Gasteiger partial charge is 0.504 e. The van der Waals surface area contributed by atoms with E-state index in [1.165, 1.54) is 13.3 Å². The Kier molecular flexibility index (Phi) is 6.14. The molecule has 0 aliphatic rings. The number of nitrogens with zero attached hydrogens (tertiary/aromatic N) is 1. The summed E-state index contributed by atoms with van der Waals surface area (Å²) in [6.07, 6.45) is 3.75. The van der Waals surface area contributed by atoms with Gasteiger partial charge in [0.1, 0.15) is 0 Å². The molecular weight excluding hydrogens is 372 g/mol. The molecule has 0 aliphatic carbocycles. The summed E-state index contributed by atoms with van der Waals surface area (Å²) in [5, 5.41) is 14.1. The molecule has 0 fully saturated rings. The standard InChI is InChI=1S/C18H17BrN2O3/c1-3-6-12-9-13(17(22)16(10-12)24-2)11-20-21-18(23)14-7-4-5-8-15(14)19/h3-5,7-11,22H,1,6H2,2H3,(H,21,23)/b20-11-. The van der Waals surface area contributed by atoms with Crippen LogP contribution in [0.1, 0.15) is 21.5 Å². The van der Waals surface area contributed by atoms with Crippen molar-refractivity contribution in [3.05, 3.63) is 70.2 Å². The van der Waals surface area contributed by atoms with Crippen LogP contribution in [0.4, 0.5) is 0 Å². The van der Waals surface area contributed by atoms with Gasteiger partial charge in [-0.25, -0.2) is 5.43 Å². The van der Waals surface area contributed by atoms with Crippen molar-refractivity contribution < 1.29 is 14.6 Å². The maximum atomic E-state index is 12.1. The van der Waals surface area contributed by atoms with E-state index < -0.39 is 0 Å². The van der Waals surface area contributed by atoms with Gasteiger partial charge in [-0.3, -0.25) is 4.79 Å². The Labute approximate surface area is 148 Å². The monoisotopic (exact) mass is 388 g/mol. The van der Waals surface area contributed by atoms with Crippen molar-refractivity contribution in [3.63, 3.8) is 0 Å². The van der Waals surface area contributed by atoms with Crippen LogP contribution in [0.25, 0.3) is 0 Å². The zero-order valence-electron chi connectivity index (χ0n) is 13.1. The van der Waals surface area contributed by atoms with Gasteiger partial charge < -0.3 is 9.84 Å². The number of phenolic OH excluding ortho intramolecular Hbond substituents is 1. The van der Waals surface area contributed by atoms with Gasteiger partial charge in [0.15, 0.2) is 11.5 Å². The van der Waals surface area contributed by atoms with Crippen LogP contribution >= 0.6 is 15.9 Å². The summed E-state index contributed by atoms with van der Waals surface area (Å²) < 4.78 is 5.82. The fraction of sp³-hybridized carbons (Fsp3) is 0.111. The van der Waals surface area contributed by atoms with Crippen LogP contribution in [0.5, 0.6) is 11.5 Å². The van der Waals surface area contributed by atoms with Crippen molar-refractivity contribution in [2.75, 3.05) is 7.11 Å². The Morgan fingerprint density at radius 2 is 2.17 bits per heavy atom. The lowest BCUT2D eigenvalue weighted by Gasteiger charge is -2.09. The van der Waals surface area contributed by atoms with Gasteiger partial charge in [-0.05, 0) is 52.2 Å². The molecule has 0 radical (unpaired) electrons. The van der Waals surface area contributed by atoms with E-state index in [-0.39, 0.29) is 11.7 Å². The summed E-state index contributed by atoms with van der Waals surface area (Å²) in [5.74, 6) is -0.0513. The molecule has 0 bridgehead atoms. The molecule has 2 aromatic carbocycles. The number of benzene rings is 2. The van der Waals surface area contributed by atoms with Crippen LogP contribution < -0.4 is 10.2 Å². The Bertz CT molecular complexity index is 788. The Morgan fingerprint density at radius 1 is 1.42 bits per heavy atom. The van der Waals surface area contributed by atoms with E-state index in [1.54, 1.807) is 36.4 Å². The number of hydrogen-bond donors (Lipinski definition) is 2. The lowest BCUT2D eigenvalue weighted by atomic mass is 10.1.